The molecule has 1 saturated heterocycles. The van der Waals surface area contributed by atoms with Gasteiger partial charge in [0.05, 0.1) is 0 Å². The molecule has 25 heavy (non-hydrogen) atoms. The monoisotopic (exact) mass is 345 g/mol. The second-order valence-electron chi connectivity index (χ2n) is 7.30. The smallest absolute Gasteiger partial charge is 0.317 e. The van der Waals surface area contributed by atoms with Crippen LogP contribution in [0, 0.1) is 0 Å². The number of carbonyl (C=O) groups excluding carboxylic acids is 2. The van der Waals surface area contributed by atoms with Crippen LogP contribution < -0.4 is 5.32 Å². The van der Waals surface area contributed by atoms with E-state index in [2.05, 4.69) is 43.4 Å². The molecule has 1 aliphatic heterocycles. The summed E-state index contributed by atoms with van der Waals surface area (Å²) >= 11 is 0. The molecule has 1 aliphatic rings. The molecule has 0 aromatic heterocycles. The van der Waals surface area contributed by atoms with E-state index in [4.69, 9.17) is 0 Å². The third-order valence-corrected chi connectivity index (χ3v) is 4.79. The van der Waals surface area contributed by atoms with Gasteiger partial charge in [-0.3, -0.25) is 4.79 Å². The normalized spacial score (nSPS) is 16.5. The highest BCUT2D eigenvalue weighted by Crippen LogP contribution is 2.15. The van der Waals surface area contributed by atoms with Gasteiger partial charge in [0.1, 0.15) is 0 Å². The maximum absolute atomic E-state index is 12.5. The molecular formula is C20H31N3O2. The number of urea groups is 1. The number of nitrogens with zero attached hydrogens (tertiary/aromatic N) is 2. The zero-order valence-electron chi connectivity index (χ0n) is 15.9. The van der Waals surface area contributed by atoms with Crippen molar-refractivity contribution in [3.05, 3.63) is 35.4 Å². The summed E-state index contributed by atoms with van der Waals surface area (Å²) in [5.74, 6) is 0.615. The van der Waals surface area contributed by atoms with Gasteiger partial charge < -0.3 is 15.1 Å². The molecule has 0 aliphatic carbocycles. The van der Waals surface area contributed by atoms with Crippen molar-refractivity contribution in [1.82, 2.24) is 15.1 Å². The van der Waals surface area contributed by atoms with E-state index < -0.39 is 0 Å². The first-order valence-electron chi connectivity index (χ1n) is 9.26. The molecule has 1 N–H and O–H groups in total. The summed E-state index contributed by atoms with van der Waals surface area (Å²) in [5, 5.41) is 3.09. The largest absolute Gasteiger partial charge is 0.341 e. The average molecular weight is 345 g/mol. The van der Waals surface area contributed by atoms with Crippen LogP contribution in [0.4, 0.5) is 4.79 Å². The Labute approximate surface area is 151 Å². The number of hydrogen-bond acceptors (Lipinski definition) is 2. The standard InChI is InChI=1S/C20H31N3O2/c1-15(2)19-8-6-18(7-9-19)14-16(3)21-20(25)23-11-5-10-22(12-13-23)17(4)24/h6-9,15-16H,5,10-14H2,1-4H3,(H,21,25)/t16-/m0/s1. The second kappa shape index (κ2) is 8.88. The van der Waals surface area contributed by atoms with E-state index in [1.54, 1.807) is 6.92 Å². The van der Waals surface area contributed by atoms with Gasteiger partial charge in [0.25, 0.3) is 0 Å². The fourth-order valence-electron chi connectivity index (χ4n) is 3.18. The van der Waals surface area contributed by atoms with Crippen LogP contribution in [0.15, 0.2) is 24.3 Å². The predicted molar refractivity (Wildman–Crippen MR) is 101 cm³/mol. The van der Waals surface area contributed by atoms with Gasteiger partial charge in [-0.2, -0.15) is 0 Å². The summed E-state index contributed by atoms with van der Waals surface area (Å²) in [5.41, 5.74) is 2.57. The molecule has 5 heteroatoms. The zero-order chi connectivity index (χ0) is 18.4. The molecule has 0 unspecified atom stereocenters. The van der Waals surface area contributed by atoms with Crippen molar-refractivity contribution in [2.45, 2.75) is 52.5 Å². The van der Waals surface area contributed by atoms with Crippen LogP contribution in [-0.2, 0) is 11.2 Å². The Morgan fingerprint density at radius 2 is 1.60 bits per heavy atom. The summed E-state index contributed by atoms with van der Waals surface area (Å²) in [4.78, 5) is 27.6. The highest BCUT2D eigenvalue weighted by molar-refractivity contribution is 5.75. The van der Waals surface area contributed by atoms with E-state index in [0.29, 0.717) is 25.6 Å². The Morgan fingerprint density at radius 3 is 2.20 bits per heavy atom. The average Bonchev–Trinajstić information content (AvgIpc) is 2.81. The molecule has 0 radical (unpaired) electrons. The quantitative estimate of drug-likeness (QED) is 0.912. The van der Waals surface area contributed by atoms with E-state index in [1.807, 2.05) is 16.7 Å². The van der Waals surface area contributed by atoms with Crippen LogP contribution in [0.25, 0.3) is 0 Å². The molecule has 5 nitrogen and oxygen atoms in total. The molecule has 2 rings (SSSR count). The molecule has 0 spiro atoms. The van der Waals surface area contributed by atoms with E-state index >= 15 is 0 Å². The van der Waals surface area contributed by atoms with E-state index in [-0.39, 0.29) is 18.0 Å². The number of benzene rings is 1. The molecule has 0 bridgehead atoms. The molecule has 1 atom stereocenters. The Balaban J connectivity index is 1.84. The lowest BCUT2D eigenvalue weighted by Gasteiger charge is -2.24. The van der Waals surface area contributed by atoms with Crippen LogP contribution in [0.2, 0.25) is 0 Å². The lowest BCUT2D eigenvalue weighted by molar-refractivity contribution is -0.128. The number of rotatable bonds is 4. The van der Waals surface area contributed by atoms with Crippen molar-refractivity contribution in [2.75, 3.05) is 26.2 Å². The van der Waals surface area contributed by atoms with Gasteiger partial charge in [-0.1, -0.05) is 38.1 Å². The van der Waals surface area contributed by atoms with Crippen LogP contribution in [0.5, 0.6) is 0 Å². The molecule has 3 amide bonds. The molecule has 1 fully saturated rings. The Hall–Kier alpha value is -2.04. The third kappa shape index (κ3) is 5.76. The first kappa shape index (κ1) is 19.3. The van der Waals surface area contributed by atoms with E-state index in [0.717, 1.165) is 19.4 Å². The van der Waals surface area contributed by atoms with Crippen molar-refractivity contribution in [3.8, 4) is 0 Å². The molecule has 1 heterocycles. The van der Waals surface area contributed by atoms with E-state index in [1.165, 1.54) is 11.1 Å². The number of carbonyl (C=O) groups is 2. The van der Waals surface area contributed by atoms with Gasteiger partial charge >= 0.3 is 6.03 Å². The zero-order valence-corrected chi connectivity index (χ0v) is 15.9. The summed E-state index contributed by atoms with van der Waals surface area (Å²) < 4.78 is 0. The van der Waals surface area contributed by atoms with Crippen LogP contribution in [-0.4, -0.2) is 54.0 Å². The Kier molecular flexibility index (Phi) is 6.85. The van der Waals surface area contributed by atoms with Crippen molar-refractivity contribution in [2.24, 2.45) is 0 Å². The fraction of sp³-hybridized carbons (Fsp3) is 0.600. The molecule has 1 aromatic carbocycles. The number of amides is 3. The number of hydrogen-bond donors (Lipinski definition) is 1. The van der Waals surface area contributed by atoms with E-state index in [9.17, 15) is 9.59 Å². The van der Waals surface area contributed by atoms with Gasteiger partial charge in [0.15, 0.2) is 0 Å². The molecule has 138 valence electrons. The molecular weight excluding hydrogens is 314 g/mol. The van der Waals surface area contributed by atoms with Gasteiger partial charge in [-0.15, -0.1) is 0 Å². The first-order valence-corrected chi connectivity index (χ1v) is 9.26. The molecule has 0 saturated carbocycles. The predicted octanol–water partition coefficient (Wildman–Crippen LogP) is 3.00. The summed E-state index contributed by atoms with van der Waals surface area (Å²) in [7, 11) is 0. The van der Waals surface area contributed by atoms with Crippen LogP contribution in [0.3, 0.4) is 0 Å². The minimum Gasteiger partial charge on any atom is -0.341 e. The van der Waals surface area contributed by atoms with Crippen molar-refractivity contribution < 1.29 is 9.59 Å². The summed E-state index contributed by atoms with van der Waals surface area (Å²) in [6, 6.07) is 8.67. The highest BCUT2D eigenvalue weighted by atomic mass is 16.2. The Morgan fingerprint density at radius 1 is 1.00 bits per heavy atom. The maximum Gasteiger partial charge on any atom is 0.317 e. The second-order valence-corrected chi connectivity index (χ2v) is 7.30. The van der Waals surface area contributed by atoms with Gasteiger partial charge in [-0.05, 0) is 36.8 Å². The van der Waals surface area contributed by atoms with Crippen molar-refractivity contribution >= 4 is 11.9 Å². The number of nitrogens with one attached hydrogen (secondary N) is 1. The Bertz CT molecular complexity index is 583. The summed E-state index contributed by atoms with van der Waals surface area (Å²) in [6.07, 6.45) is 1.65. The van der Waals surface area contributed by atoms with Gasteiger partial charge in [-0.25, -0.2) is 4.79 Å². The van der Waals surface area contributed by atoms with Gasteiger partial charge in [0, 0.05) is 39.1 Å². The minimum atomic E-state index is -0.0308. The topological polar surface area (TPSA) is 52.7 Å². The lowest BCUT2D eigenvalue weighted by atomic mass is 9.99. The maximum atomic E-state index is 12.5. The minimum absolute atomic E-state index is 0.0308. The summed E-state index contributed by atoms with van der Waals surface area (Å²) in [6.45, 7) is 10.6. The van der Waals surface area contributed by atoms with Crippen molar-refractivity contribution in [1.29, 1.82) is 0 Å². The van der Waals surface area contributed by atoms with Gasteiger partial charge in [0.2, 0.25) is 5.91 Å². The third-order valence-electron chi connectivity index (χ3n) is 4.79. The fourth-order valence-corrected chi connectivity index (χ4v) is 3.18. The van der Waals surface area contributed by atoms with Crippen LogP contribution >= 0.6 is 0 Å². The first-order chi connectivity index (χ1) is 11.9. The SMILES string of the molecule is CC(=O)N1CCCN(C(=O)N[C@@H](C)Cc2ccc(C(C)C)cc2)CC1. The lowest BCUT2D eigenvalue weighted by Crippen LogP contribution is -2.46. The van der Waals surface area contributed by atoms with Crippen molar-refractivity contribution in [3.63, 3.8) is 0 Å². The molecule has 1 aromatic rings. The van der Waals surface area contributed by atoms with Crippen LogP contribution in [0.1, 0.15) is 51.2 Å². The highest BCUT2D eigenvalue weighted by Gasteiger charge is 2.21.